The Labute approximate surface area is 59.4 Å². The predicted molar refractivity (Wildman–Crippen MR) is 37.1 cm³/mol. The monoisotopic (exact) mass is 147 g/mol. The fourth-order valence-electron chi connectivity index (χ4n) is 0.409. The minimum atomic E-state index is -0.827. The second kappa shape index (κ2) is 5.16. The summed E-state index contributed by atoms with van der Waals surface area (Å²) in [5.74, 6) is -0.368. The lowest BCUT2D eigenvalue weighted by molar-refractivity contribution is -0.123. The van der Waals surface area contributed by atoms with E-state index in [4.69, 9.17) is 16.6 Å². The zero-order chi connectivity index (χ0) is 7.98. The molecular formula is C5H13N3O2. The van der Waals surface area contributed by atoms with Crippen LogP contribution in [0.5, 0.6) is 0 Å². The molecule has 10 heavy (non-hydrogen) atoms. The number of nitrogens with one attached hydrogen (secondary N) is 1. The van der Waals surface area contributed by atoms with Gasteiger partial charge in [-0.25, -0.2) is 0 Å². The van der Waals surface area contributed by atoms with Gasteiger partial charge in [0.15, 0.2) is 0 Å². The maximum Gasteiger partial charge on any atom is 0.239 e. The van der Waals surface area contributed by atoms with Crippen molar-refractivity contribution in [2.75, 3.05) is 19.7 Å². The van der Waals surface area contributed by atoms with E-state index in [1.807, 2.05) is 0 Å². The fraction of sp³-hybridized carbons (Fsp3) is 0.800. The van der Waals surface area contributed by atoms with Crippen LogP contribution in [-0.4, -0.2) is 36.8 Å². The summed E-state index contributed by atoms with van der Waals surface area (Å²) in [5.41, 5.74) is 10.3. The zero-order valence-corrected chi connectivity index (χ0v) is 5.71. The van der Waals surface area contributed by atoms with Crippen molar-refractivity contribution in [2.45, 2.75) is 6.04 Å². The van der Waals surface area contributed by atoms with Gasteiger partial charge in [0.25, 0.3) is 0 Å². The van der Waals surface area contributed by atoms with Crippen LogP contribution in [0.3, 0.4) is 0 Å². The largest absolute Gasteiger partial charge is 0.394 e. The molecule has 0 saturated heterocycles. The van der Waals surface area contributed by atoms with E-state index in [2.05, 4.69) is 5.32 Å². The highest BCUT2D eigenvalue weighted by Crippen LogP contribution is 1.73. The van der Waals surface area contributed by atoms with Crippen LogP contribution in [0.1, 0.15) is 0 Å². The minimum Gasteiger partial charge on any atom is -0.394 e. The van der Waals surface area contributed by atoms with Crippen molar-refractivity contribution in [3.63, 3.8) is 0 Å². The highest BCUT2D eigenvalue weighted by Gasteiger charge is 2.09. The lowest BCUT2D eigenvalue weighted by Gasteiger charge is -2.07. The molecule has 0 bridgehead atoms. The molecule has 0 heterocycles. The molecular weight excluding hydrogens is 134 g/mol. The van der Waals surface area contributed by atoms with Gasteiger partial charge in [0.1, 0.15) is 6.04 Å². The average Bonchev–Trinajstić information content (AvgIpc) is 1.98. The number of hydrogen-bond acceptors (Lipinski definition) is 4. The molecule has 0 aliphatic carbocycles. The molecule has 1 atom stereocenters. The third-order valence-electron chi connectivity index (χ3n) is 0.977. The Bertz CT molecular complexity index is 107. The molecule has 5 nitrogen and oxygen atoms in total. The van der Waals surface area contributed by atoms with Crippen LogP contribution < -0.4 is 16.8 Å². The molecule has 0 fully saturated rings. The summed E-state index contributed by atoms with van der Waals surface area (Å²) in [6, 6.07) is -0.827. The molecule has 0 aromatic heterocycles. The zero-order valence-electron chi connectivity index (χ0n) is 5.71. The number of carbonyl (C=O) groups is 1. The van der Waals surface area contributed by atoms with Gasteiger partial charge < -0.3 is 21.9 Å². The van der Waals surface area contributed by atoms with Crippen LogP contribution in [0.25, 0.3) is 0 Å². The molecule has 1 unspecified atom stereocenters. The van der Waals surface area contributed by atoms with E-state index in [0.717, 1.165) is 0 Å². The maximum absolute atomic E-state index is 10.7. The van der Waals surface area contributed by atoms with Crippen LogP contribution in [0.4, 0.5) is 0 Å². The first kappa shape index (κ1) is 9.35. The van der Waals surface area contributed by atoms with E-state index < -0.39 is 6.04 Å². The first-order valence-electron chi connectivity index (χ1n) is 3.06. The first-order chi connectivity index (χ1) is 4.72. The van der Waals surface area contributed by atoms with Gasteiger partial charge in [-0.2, -0.15) is 0 Å². The van der Waals surface area contributed by atoms with E-state index in [1.165, 1.54) is 0 Å². The van der Waals surface area contributed by atoms with E-state index in [9.17, 15) is 4.79 Å². The van der Waals surface area contributed by atoms with Gasteiger partial charge in [-0.15, -0.1) is 0 Å². The molecule has 0 rings (SSSR count). The lowest BCUT2D eigenvalue weighted by Crippen LogP contribution is -2.44. The van der Waals surface area contributed by atoms with Crippen molar-refractivity contribution in [3.8, 4) is 0 Å². The normalized spacial score (nSPS) is 12.7. The van der Waals surface area contributed by atoms with Crippen molar-refractivity contribution >= 4 is 5.91 Å². The van der Waals surface area contributed by atoms with Gasteiger partial charge in [0.05, 0.1) is 6.61 Å². The van der Waals surface area contributed by atoms with E-state index in [1.54, 1.807) is 0 Å². The summed E-state index contributed by atoms with van der Waals surface area (Å²) in [6.45, 7) is 0.437. The van der Waals surface area contributed by atoms with E-state index >= 15 is 0 Å². The second-order valence-corrected chi connectivity index (χ2v) is 1.87. The van der Waals surface area contributed by atoms with Gasteiger partial charge in [0.2, 0.25) is 5.91 Å². The Morgan fingerprint density at radius 1 is 1.70 bits per heavy atom. The number of carbonyl (C=O) groups excluding carboxylic acids is 1. The summed E-state index contributed by atoms with van der Waals surface area (Å²) in [4.78, 5) is 10.7. The molecule has 1 amide bonds. The van der Waals surface area contributed by atoms with Crippen molar-refractivity contribution in [1.82, 2.24) is 5.32 Å². The molecule has 0 spiro atoms. The molecule has 0 aromatic rings. The second-order valence-electron chi connectivity index (χ2n) is 1.87. The number of hydrogen-bond donors (Lipinski definition) is 4. The molecule has 6 N–H and O–H groups in total. The van der Waals surface area contributed by atoms with Gasteiger partial charge in [-0.3, -0.25) is 4.79 Å². The summed E-state index contributed by atoms with van der Waals surface area (Å²) in [5, 5.41) is 10.8. The third kappa shape index (κ3) is 3.39. The molecule has 0 aromatic carbocycles. The predicted octanol–water partition coefficient (Wildman–Crippen LogP) is -2.62. The van der Waals surface area contributed by atoms with Crippen molar-refractivity contribution in [3.05, 3.63) is 0 Å². The number of rotatable bonds is 4. The Kier molecular flexibility index (Phi) is 4.82. The van der Waals surface area contributed by atoms with E-state index in [0.29, 0.717) is 13.1 Å². The quantitative estimate of drug-likeness (QED) is 0.349. The molecule has 5 heteroatoms. The highest BCUT2D eigenvalue weighted by molar-refractivity contribution is 5.81. The van der Waals surface area contributed by atoms with Gasteiger partial charge in [-0.05, 0) is 0 Å². The molecule has 0 aliphatic rings. The first-order valence-corrected chi connectivity index (χ1v) is 3.06. The minimum absolute atomic E-state index is 0.337. The smallest absolute Gasteiger partial charge is 0.239 e. The Hall–Kier alpha value is -0.650. The molecule has 0 saturated carbocycles. The van der Waals surface area contributed by atoms with Crippen LogP contribution in [0.15, 0.2) is 0 Å². The number of amides is 1. The average molecular weight is 147 g/mol. The van der Waals surface area contributed by atoms with Crippen LogP contribution >= 0.6 is 0 Å². The maximum atomic E-state index is 10.7. The molecule has 0 radical (unpaired) electrons. The summed E-state index contributed by atoms with van der Waals surface area (Å²) >= 11 is 0. The van der Waals surface area contributed by atoms with Crippen LogP contribution in [-0.2, 0) is 4.79 Å². The Morgan fingerprint density at radius 3 is 2.70 bits per heavy atom. The number of aliphatic hydroxyl groups excluding tert-OH is 1. The van der Waals surface area contributed by atoms with Crippen LogP contribution in [0.2, 0.25) is 0 Å². The Morgan fingerprint density at radius 2 is 2.30 bits per heavy atom. The molecule has 0 aliphatic heterocycles. The third-order valence-corrected chi connectivity index (χ3v) is 0.977. The van der Waals surface area contributed by atoms with E-state index in [-0.39, 0.29) is 12.5 Å². The van der Waals surface area contributed by atoms with Crippen molar-refractivity contribution in [1.29, 1.82) is 0 Å². The van der Waals surface area contributed by atoms with Gasteiger partial charge in [0, 0.05) is 13.1 Å². The fourth-order valence-corrected chi connectivity index (χ4v) is 0.409. The van der Waals surface area contributed by atoms with Gasteiger partial charge in [-0.1, -0.05) is 0 Å². The summed E-state index contributed by atoms with van der Waals surface area (Å²) in [7, 11) is 0. The summed E-state index contributed by atoms with van der Waals surface area (Å²) in [6.07, 6.45) is 0. The Balaban J connectivity index is 3.42. The highest BCUT2D eigenvalue weighted by atomic mass is 16.3. The van der Waals surface area contributed by atoms with Crippen LogP contribution in [0, 0.1) is 0 Å². The molecule has 60 valence electrons. The topological polar surface area (TPSA) is 101 Å². The SMILES string of the molecule is NCCNC(=O)C(N)CO. The van der Waals surface area contributed by atoms with Crippen molar-refractivity contribution in [2.24, 2.45) is 11.5 Å². The summed E-state index contributed by atoms with van der Waals surface area (Å²) < 4.78 is 0. The number of nitrogens with two attached hydrogens (primary N) is 2. The standard InChI is InChI=1S/C5H13N3O2/c6-1-2-8-5(10)4(7)3-9/h4,9H,1-3,6-7H2,(H,8,10). The van der Waals surface area contributed by atoms with Gasteiger partial charge >= 0.3 is 0 Å². The van der Waals surface area contributed by atoms with Crippen molar-refractivity contribution < 1.29 is 9.90 Å². The lowest BCUT2D eigenvalue weighted by atomic mass is 10.3. The number of aliphatic hydroxyl groups is 1.